The quantitative estimate of drug-likeness (QED) is 0.179. The van der Waals surface area contributed by atoms with Crippen molar-refractivity contribution in [1.82, 2.24) is 25.8 Å². The predicted molar refractivity (Wildman–Crippen MR) is 190 cm³/mol. The van der Waals surface area contributed by atoms with Crippen molar-refractivity contribution in [3.63, 3.8) is 0 Å². The molecule has 47 heavy (non-hydrogen) atoms. The Morgan fingerprint density at radius 2 is 1.53 bits per heavy atom. The molecule has 3 aromatic rings. The first kappa shape index (κ1) is 35.9. The third-order valence-electron chi connectivity index (χ3n) is 8.11. The number of hydrogen-bond acceptors (Lipinski definition) is 8. The molecule has 0 spiro atoms. The minimum absolute atomic E-state index is 0.131. The predicted octanol–water partition coefficient (Wildman–Crippen LogP) is 5.69. The lowest BCUT2D eigenvalue weighted by molar-refractivity contribution is -0.124. The zero-order valence-electron chi connectivity index (χ0n) is 27.5. The van der Waals surface area contributed by atoms with Gasteiger partial charge in [-0.2, -0.15) is 0 Å². The fraction of sp³-hybridized carbons (Fsp3) is 0.457. The van der Waals surface area contributed by atoms with Crippen LogP contribution in [0.15, 0.2) is 77.4 Å². The second-order valence-corrected chi connectivity index (χ2v) is 14.3. The van der Waals surface area contributed by atoms with Crippen molar-refractivity contribution in [2.75, 3.05) is 13.6 Å². The monoisotopic (exact) mass is 678 g/mol. The lowest BCUT2D eigenvalue weighted by atomic mass is 9.95. The van der Waals surface area contributed by atoms with Crippen molar-refractivity contribution in [3.05, 3.63) is 88.4 Å². The summed E-state index contributed by atoms with van der Waals surface area (Å²) in [7, 11) is 1.75. The molecule has 4 rings (SSSR count). The highest BCUT2D eigenvalue weighted by molar-refractivity contribution is 8.13. The highest BCUT2D eigenvalue weighted by Gasteiger charge is 2.30. The molecule has 0 aliphatic carbocycles. The molecule has 0 saturated heterocycles. The van der Waals surface area contributed by atoms with Crippen LogP contribution in [0.25, 0.3) is 0 Å². The molecule has 0 fully saturated rings. The smallest absolute Gasteiger partial charge is 0.407 e. The number of thioether (sulfide) groups is 1. The summed E-state index contributed by atoms with van der Waals surface area (Å²) in [4.78, 5) is 50.7. The Morgan fingerprint density at radius 1 is 0.915 bits per heavy atom. The summed E-state index contributed by atoms with van der Waals surface area (Å²) in [6.45, 7) is 6.58. The highest BCUT2D eigenvalue weighted by Crippen LogP contribution is 2.22. The van der Waals surface area contributed by atoms with Crippen LogP contribution in [0.4, 0.5) is 9.59 Å². The Balaban J connectivity index is 1.42. The van der Waals surface area contributed by atoms with Crippen LogP contribution in [0.3, 0.4) is 0 Å². The first-order chi connectivity index (χ1) is 22.7. The van der Waals surface area contributed by atoms with Crippen LogP contribution in [0.2, 0.25) is 0 Å². The topological polar surface area (TPSA) is 125 Å². The number of hydrogen-bond donors (Lipinski definition) is 3. The number of rotatable bonds is 16. The van der Waals surface area contributed by atoms with E-state index in [9.17, 15) is 14.4 Å². The van der Waals surface area contributed by atoms with Gasteiger partial charge in [-0.25, -0.2) is 9.59 Å². The molecule has 252 valence electrons. The van der Waals surface area contributed by atoms with Gasteiger partial charge in [0.15, 0.2) is 0 Å². The number of ether oxygens (including phenoxy) is 1. The lowest BCUT2D eigenvalue weighted by Gasteiger charge is -2.29. The van der Waals surface area contributed by atoms with Crippen LogP contribution in [0.1, 0.15) is 49.6 Å². The molecule has 2 unspecified atom stereocenters. The summed E-state index contributed by atoms with van der Waals surface area (Å²) in [6, 6.07) is 18.7. The molecular formula is C35H46N6O4S2. The van der Waals surface area contributed by atoms with Crippen molar-refractivity contribution in [2.45, 2.75) is 82.5 Å². The van der Waals surface area contributed by atoms with E-state index in [0.717, 1.165) is 16.0 Å². The van der Waals surface area contributed by atoms with E-state index in [1.165, 1.54) is 11.3 Å². The van der Waals surface area contributed by atoms with Gasteiger partial charge in [0, 0.05) is 31.9 Å². The molecule has 1 aromatic heterocycles. The van der Waals surface area contributed by atoms with Crippen LogP contribution in [-0.2, 0) is 29.0 Å². The molecular weight excluding hydrogens is 633 g/mol. The third kappa shape index (κ3) is 12.0. The van der Waals surface area contributed by atoms with Gasteiger partial charge < -0.3 is 25.6 Å². The number of nitrogens with zero attached hydrogens (tertiary/aromatic N) is 3. The lowest BCUT2D eigenvalue weighted by Crippen LogP contribution is -2.55. The van der Waals surface area contributed by atoms with E-state index < -0.39 is 12.1 Å². The van der Waals surface area contributed by atoms with E-state index >= 15 is 0 Å². The summed E-state index contributed by atoms with van der Waals surface area (Å²) in [5, 5.41) is 9.45. The van der Waals surface area contributed by atoms with Gasteiger partial charge in [-0.1, -0.05) is 74.5 Å². The van der Waals surface area contributed by atoms with Crippen LogP contribution in [0.5, 0.6) is 0 Å². The standard InChI is InChI=1S/C35H46N6O4S2/c1-24(2)32(40-34(43)41(4)20-31-25(3)37-23-47-31)33(42)38-28(17-26-11-7-5-8-12-26)15-16-29(18-27-13-9-6-10-14-27)39-35(44)45-21-30-19-36-22-46-30/h5-14,19,22-25,28-29,31-32H,15-18,20-21H2,1-4H3,(H,38,42)(H,39,44)(H,40,43)/t25?,28-,29-,31?,32-/m0/s1. The Morgan fingerprint density at radius 3 is 2.06 bits per heavy atom. The number of thiazole rings is 1. The first-order valence-electron chi connectivity index (χ1n) is 16.1. The largest absolute Gasteiger partial charge is 0.444 e. The minimum Gasteiger partial charge on any atom is -0.444 e. The van der Waals surface area contributed by atoms with Crippen LogP contribution >= 0.6 is 23.1 Å². The molecule has 2 aromatic carbocycles. The number of amides is 4. The van der Waals surface area contributed by atoms with Crippen molar-refractivity contribution >= 4 is 46.7 Å². The Kier molecular flexibility index (Phi) is 14.1. The number of aromatic nitrogens is 1. The van der Waals surface area contributed by atoms with Crippen LogP contribution in [0, 0.1) is 5.92 Å². The summed E-state index contributed by atoms with van der Waals surface area (Å²) in [5.41, 5.74) is 5.72. The zero-order chi connectivity index (χ0) is 33.6. The number of carbonyl (C=O) groups is 3. The third-order valence-corrected chi connectivity index (χ3v) is 10.00. The van der Waals surface area contributed by atoms with E-state index in [4.69, 9.17) is 4.74 Å². The molecule has 1 aliphatic heterocycles. The molecule has 4 amide bonds. The minimum atomic E-state index is -0.715. The first-order valence-corrected chi connectivity index (χ1v) is 17.9. The van der Waals surface area contributed by atoms with E-state index in [0.29, 0.717) is 32.2 Å². The zero-order valence-corrected chi connectivity index (χ0v) is 29.1. The van der Waals surface area contributed by atoms with Crippen LogP contribution in [-0.4, -0.2) is 76.5 Å². The number of urea groups is 1. The molecule has 10 nitrogen and oxygen atoms in total. The molecule has 0 bridgehead atoms. The SMILES string of the molecule is CC1N=CSC1CN(C)C(=O)N[C@H](C(=O)N[C@@H](CC[C@@H](Cc1ccccc1)NC(=O)OCc1cncs1)Cc1ccccc1)C(C)C. The molecule has 12 heteroatoms. The van der Waals surface area contributed by atoms with Gasteiger partial charge in [-0.3, -0.25) is 14.8 Å². The molecule has 3 N–H and O–H groups in total. The second-order valence-electron chi connectivity index (χ2n) is 12.3. The van der Waals surface area contributed by atoms with Gasteiger partial charge in [-0.15, -0.1) is 23.1 Å². The Labute approximate surface area is 286 Å². The molecule has 0 radical (unpaired) electrons. The van der Waals surface area contributed by atoms with Gasteiger partial charge in [0.1, 0.15) is 12.6 Å². The van der Waals surface area contributed by atoms with Gasteiger partial charge in [0.05, 0.1) is 27.2 Å². The van der Waals surface area contributed by atoms with E-state index in [1.807, 2.05) is 87.0 Å². The van der Waals surface area contributed by atoms with E-state index in [1.54, 1.807) is 35.4 Å². The van der Waals surface area contributed by atoms with Crippen molar-refractivity contribution in [2.24, 2.45) is 10.9 Å². The Hall–Kier alpha value is -3.90. The van der Waals surface area contributed by atoms with Gasteiger partial charge in [-0.05, 0) is 49.7 Å². The number of carbonyl (C=O) groups excluding carboxylic acids is 3. The van der Waals surface area contributed by atoms with Crippen molar-refractivity contribution < 1.29 is 19.1 Å². The van der Waals surface area contributed by atoms with E-state index in [2.05, 4.69) is 25.9 Å². The van der Waals surface area contributed by atoms with Crippen LogP contribution < -0.4 is 16.0 Å². The number of nitrogens with one attached hydrogen (secondary N) is 3. The number of benzene rings is 2. The van der Waals surface area contributed by atoms with Crippen molar-refractivity contribution in [3.8, 4) is 0 Å². The number of alkyl carbamates (subject to hydrolysis) is 1. The number of aliphatic imine (C=N–C) groups is 1. The second kappa shape index (κ2) is 18.4. The summed E-state index contributed by atoms with van der Waals surface area (Å²) in [6.07, 6.45) is 3.61. The van der Waals surface area contributed by atoms with Gasteiger partial charge in [0.2, 0.25) is 5.91 Å². The maximum absolute atomic E-state index is 13.8. The normalized spacial score (nSPS) is 17.5. The summed E-state index contributed by atoms with van der Waals surface area (Å²) >= 11 is 3.05. The Bertz CT molecular complexity index is 1420. The molecule has 2 heterocycles. The summed E-state index contributed by atoms with van der Waals surface area (Å²) in [5.74, 6) is -0.361. The molecule has 1 aliphatic rings. The molecule has 0 saturated carbocycles. The summed E-state index contributed by atoms with van der Waals surface area (Å²) < 4.78 is 5.48. The van der Waals surface area contributed by atoms with Crippen molar-refractivity contribution in [1.29, 1.82) is 0 Å². The van der Waals surface area contributed by atoms with Gasteiger partial charge in [0.25, 0.3) is 0 Å². The average Bonchev–Trinajstić information content (AvgIpc) is 3.73. The average molecular weight is 679 g/mol. The van der Waals surface area contributed by atoms with Gasteiger partial charge >= 0.3 is 12.1 Å². The fourth-order valence-corrected chi connectivity index (χ4v) is 6.88. The maximum atomic E-state index is 13.8. The maximum Gasteiger partial charge on any atom is 0.407 e. The van der Waals surface area contributed by atoms with E-state index in [-0.39, 0.29) is 47.8 Å². The highest BCUT2D eigenvalue weighted by atomic mass is 32.2. The molecule has 5 atom stereocenters. The fourth-order valence-electron chi connectivity index (χ4n) is 5.35.